The third-order valence-electron chi connectivity index (χ3n) is 2.37. The Morgan fingerprint density at radius 2 is 2.05 bits per heavy atom. The summed E-state index contributed by atoms with van der Waals surface area (Å²) in [6.45, 7) is 3.23. The average Bonchev–Trinajstić information content (AvgIpc) is 2.76. The lowest BCUT2D eigenvalue weighted by Gasteiger charge is -2.14. The fraction of sp³-hybridized carbons (Fsp3) is 0.231. The molecule has 0 aliphatic rings. The van der Waals surface area contributed by atoms with Crippen molar-refractivity contribution in [2.45, 2.75) is 13.5 Å². The van der Waals surface area contributed by atoms with E-state index >= 15 is 0 Å². The highest BCUT2D eigenvalue weighted by Gasteiger charge is 2.10. The van der Waals surface area contributed by atoms with Crippen molar-refractivity contribution in [2.75, 3.05) is 11.9 Å². The van der Waals surface area contributed by atoms with Crippen LogP contribution >= 0.6 is 50.5 Å². The molecule has 1 N–H and O–H groups in total. The second-order valence-corrected chi connectivity index (χ2v) is 6.51. The molecule has 2 rings (SSSR count). The van der Waals surface area contributed by atoms with Crippen molar-refractivity contribution in [3.05, 3.63) is 43.0 Å². The number of thiophene rings is 1. The molecule has 2 nitrogen and oxygen atoms in total. The summed E-state index contributed by atoms with van der Waals surface area (Å²) in [7, 11) is 0. The number of benzene rings is 1. The van der Waals surface area contributed by atoms with Gasteiger partial charge in [0.1, 0.15) is 0 Å². The summed E-state index contributed by atoms with van der Waals surface area (Å²) in [6.07, 6.45) is 0. The Bertz CT molecular complexity index is 574. The topological polar surface area (TPSA) is 21.3 Å². The van der Waals surface area contributed by atoms with E-state index in [0.717, 1.165) is 25.8 Å². The third-order valence-corrected chi connectivity index (χ3v) is 4.46. The fourth-order valence-electron chi connectivity index (χ4n) is 1.61. The lowest BCUT2D eigenvalue weighted by Crippen LogP contribution is -2.02. The van der Waals surface area contributed by atoms with Crippen LogP contribution < -0.4 is 10.1 Å². The van der Waals surface area contributed by atoms with Crippen molar-refractivity contribution in [2.24, 2.45) is 0 Å². The van der Waals surface area contributed by atoms with Crippen LogP contribution in [0.25, 0.3) is 0 Å². The predicted octanol–water partition coefficient (Wildman–Crippen LogP) is 5.83. The number of hydrogen-bond donors (Lipinski definition) is 1. The van der Waals surface area contributed by atoms with Gasteiger partial charge in [0.15, 0.2) is 5.75 Å². The van der Waals surface area contributed by atoms with Crippen molar-refractivity contribution in [3.63, 3.8) is 0 Å². The zero-order chi connectivity index (χ0) is 13.8. The van der Waals surface area contributed by atoms with Gasteiger partial charge in [0, 0.05) is 21.8 Å². The summed E-state index contributed by atoms with van der Waals surface area (Å²) >= 11 is 17.0. The van der Waals surface area contributed by atoms with Crippen LogP contribution in [0.15, 0.2) is 28.1 Å². The number of ether oxygens (including phenoxy) is 1. The van der Waals surface area contributed by atoms with Crippen LogP contribution in [0.2, 0.25) is 10.0 Å². The average molecular weight is 381 g/mol. The normalized spacial score (nSPS) is 10.5. The highest BCUT2D eigenvalue weighted by molar-refractivity contribution is 9.10. The molecule has 0 fully saturated rings. The molecule has 0 atom stereocenters. The zero-order valence-corrected chi connectivity index (χ0v) is 14.1. The van der Waals surface area contributed by atoms with E-state index in [9.17, 15) is 0 Å². The van der Waals surface area contributed by atoms with E-state index in [1.54, 1.807) is 11.3 Å². The van der Waals surface area contributed by atoms with Gasteiger partial charge >= 0.3 is 0 Å². The van der Waals surface area contributed by atoms with Crippen molar-refractivity contribution in [1.82, 2.24) is 0 Å². The van der Waals surface area contributed by atoms with Crippen LogP contribution in [-0.2, 0) is 6.54 Å². The molecule has 0 saturated carbocycles. The van der Waals surface area contributed by atoms with Gasteiger partial charge < -0.3 is 10.1 Å². The molecule has 1 heterocycles. The largest absolute Gasteiger partial charge is 0.491 e. The summed E-state index contributed by atoms with van der Waals surface area (Å²) in [5, 5.41) is 6.65. The summed E-state index contributed by atoms with van der Waals surface area (Å²) in [6, 6.07) is 5.62. The minimum Gasteiger partial charge on any atom is -0.491 e. The Hall–Kier alpha value is -0.420. The van der Waals surface area contributed by atoms with Gasteiger partial charge in [0.2, 0.25) is 0 Å². The zero-order valence-electron chi connectivity index (χ0n) is 10.2. The van der Waals surface area contributed by atoms with Gasteiger partial charge in [-0.25, -0.2) is 0 Å². The molecule has 6 heteroatoms. The number of hydrogen-bond acceptors (Lipinski definition) is 3. The number of halogens is 3. The quantitative estimate of drug-likeness (QED) is 0.704. The van der Waals surface area contributed by atoms with E-state index < -0.39 is 0 Å². The van der Waals surface area contributed by atoms with Crippen LogP contribution in [0.5, 0.6) is 5.75 Å². The maximum Gasteiger partial charge on any atom is 0.156 e. The maximum atomic E-state index is 6.06. The minimum absolute atomic E-state index is 0.597. The molecule has 102 valence electrons. The monoisotopic (exact) mass is 379 g/mol. The molecule has 1 aromatic carbocycles. The highest BCUT2D eigenvalue weighted by atomic mass is 79.9. The molecular weight excluding hydrogens is 369 g/mol. The molecule has 0 radical (unpaired) electrons. The molecule has 0 aliphatic heterocycles. The van der Waals surface area contributed by atoms with E-state index in [1.807, 2.05) is 30.5 Å². The summed E-state index contributed by atoms with van der Waals surface area (Å²) in [4.78, 5) is 1.16. The van der Waals surface area contributed by atoms with E-state index in [0.29, 0.717) is 18.2 Å². The second-order valence-electron chi connectivity index (χ2n) is 3.78. The minimum atomic E-state index is 0.597. The van der Waals surface area contributed by atoms with Crippen LogP contribution in [-0.4, -0.2) is 6.61 Å². The fourth-order valence-corrected chi connectivity index (χ4v) is 3.55. The second kappa shape index (κ2) is 6.84. The van der Waals surface area contributed by atoms with Gasteiger partial charge in [-0.15, -0.1) is 11.3 Å². The molecule has 1 aromatic heterocycles. The van der Waals surface area contributed by atoms with Crippen LogP contribution in [0.1, 0.15) is 11.8 Å². The number of rotatable bonds is 5. The van der Waals surface area contributed by atoms with Crippen molar-refractivity contribution in [3.8, 4) is 5.75 Å². The van der Waals surface area contributed by atoms with Gasteiger partial charge in [0.25, 0.3) is 0 Å². The van der Waals surface area contributed by atoms with E-state index in [-0.39, 0.29) is 0 Å². The van der Waals surface area contributed by atoms with Gasteiger partial charge in [-0.2, -0.15) is 0 Å². The van der Waals surface area contributed by atoms with Crippen LogP contribution in [0, 0.1) is 0 Å². The van der Waals surface area contributed by atoms with Crippen molar-refractivity contribution >= 4 is 56.2 Å². The van der Waals surface area contributed by atoms with Crippen molar-refractivity contribution < 1.29 is 4.74 Å². The molecule has 0 unspecified atom stereocenters. The molecule has 0 bridgehead atoms. The molecule has 0 amide bonds. The highest BCUT2D eigenvalue weighted by Crippen LogP contribution is 2.37. The Morgan fingerprint density at radius 3 is 2.68 bits per heavy atom. The summed E-state index contributed by atoms with van der Waals surface area (Å²) in [5.41, 5.74) is 0.866. The van der Waals surface area contributed by atoms with Gasteiger partial charge in [-0.1, -0.05) is 23.2 Å². The summed E-state index contributed by atoms with van der Waals surface area (Å²) < 4.78 is 6.47. The van der Waals surface area contributed by atoms with Crippen LogP contribution in [0.3, 0.4) is 0 Å². The van der Waals surface area contributed by atoms with E-state index in [1.165, 1.54) is 0 Å². The standard InChI is InChI=1S/C13H12BrCl2NOS/c1-2-18-13-11(14)4-8(15)5-12(13)17-6-10-3-9(16)7-19-10/h3-5,7,17H,2,6H2,1H3. The molecule has 2 aromatic rings. The Morgan fingerprint density at radius 1 is 1.26 bits per heavy atom. The van der Waals surface area contributed by atoms with Gasteiger partial charge in [-0.3, -0.25) is 0 Å². The molecule has 0 spiro atoms. The first-order valence-corrected chi connectivity index (χ1v) is 8.11. The first-order valence-electron chi connectivity index (χ1n) is 5.68. The molecule has 19 heavy (non-hydrogen) atoms. The predicted molar refractivity (Wildman–Crippen MR) is 87.0 cm³/mol. The third kappa shape index (κ3) is 4.02. The SMILES string of the molecule is CCOc1c(Br)cc(Cl)cc1NCc1cc(Cl)cs1. The molecule has 0 saturated heterocycles. The van der Waals surface area contributed by atoms with Crippen LogP contribution in [0.4, 0.5) is 5.69 Å². The van der Waals surface area contributed by atoms with Crippen molar-refractivity contribution in [1.29, 1.82) is 0 Å². The first-order chi connectivity index (χ1) is 9.10. The molecule has 0 aliphatic carbocycles. The maximum absolute atomic E-state index is 6.06. The summed E-state index contributed by atoms with van der Waals surface area (Å²) in [5.74, 6) is 0.773. The van der Waals surface area contributed by atoms with E-state index in [4.69, 9.17) is 27.9 Å². The molecular formula is C13H12BrCl2NOS. The Kier molecular flexibility index (Phi) is 5.39. The first kappa shape index (κ1) is 15.0. The smallest absolute Gasteiger partial charge is 0.156 e. The Labute approximate surface area is 134 Å². The van der Waals surface area contributed by atoms with Gasteiger partial charge in [-0.05, 0) is 41.1 Å². The lowest BCUT2D eigenvalue weighted by molar-refractivity contribution is 0.339. The Balaban J connectivity index is 2.18. The van der Waals surface area contributed by atoms with E-state index in [2.05, 4.69) is 21.2 Å². The van der Waals surface area contributed by atoms with Gasteiger partial charge in [0.05, 0.1) is 21.8 Å². The number of nitrogens with one attached hydrogen (secondary N) is 1. The lowest BCUT2D eigenvalue weighted by atomic mass is 10.3. The number of anilines is 1.